The van der Waals surface area contributed by atoms with Gasteiger partial charge >= 0.3 is 0 Å². The topological polar surface area (TPSA) is 59.1 Å². The van der Waals surface area contributed by atoms with E-state index in [1.165, 1.54) is 11.3 Å². The number of halogens is 1. The number of aryl methyl sites for hydroxylation is 1. The number of benzene rings is 1. The highest BCUT2D eigenvalue weighted by Gasteiger charge is 2.17. The number of rotatable bonds is 5. The molecule has 0 atom stereocenters. The molecule has 0 aliphatic heterocycles. The van der Waals surface area contributed by atoms with E-state index in [9.17, 15) is 8.42 Å². The third-order valence-corrected chi connectivity index (χ3v) is 6.36. The Morgan fingerprint density at radius 2 is 2.00 bits per heavy atom. The van der Waals surface area contributed by atoms with Crippen LogP contribution in [0.15, 0.2) is 24.3 Å². The zero-order chi connectivity index (χ0) is 15.6. The minimum absolute atomic E-state index is 0.258. The first-order chi connectivity index (χ1) is 9.81. The van der Waals surface area contributed by atoms with Crippen molar-refractivity contribution in [2.24, 2.45) is 0 Å². The lowest BCUT2D eigenvalue weighted by molar-refractivity contribution is 0.572. The van der Waals surface area contributed by atoms with Crippen molar-refractivity contribution in [1.82, 2.24) is 9.71 Å². The molecule has 1 N–H and O–H groups in total. The number of thiazole rings is 1. The molecule has 0 amide bonds. The predicted octanol–water partition coefficient (Wildman–Crippen LogP) is 3.60. The first kappa shape index (κ1) is 16.4. The van der Waals surface area contributed by atoms with Crippen molar-refractivity contribution in [2.75, 3.05) is 0 Å². The van der Waals surface area contributed by atoms with Crippen molar-refractivity contribution >= 4 is 33.0 Å². The minimum Gasteiger partial charge on any atom is -0.241 e. The maximum absolute atomic E-state index is 11.8. The number of nitrogens with zero attached hydrogens (tertiary/aromatic N) is 1. The van der Waals surface area contributed by atoms with Gasteiger partial charge in [-0.2, -0.15) is 0 Å². The summed E-state index contributed by atoms with van der Waals surface area (Å²) < 4.78 is 26.2. The highest BCUT2D eigenvalue weighted by molar-refractivity contribution is 7.90. The Morgan fingerprint density at radius 3 is 2.62 bits per heavy atom. The van der Waals surface area contributed by atoms with E-state index in [1.807, 2.05) is 31.2 Å². The zero-order valence-corrected chi connectivity index (χ0v) is 14.4. The van der Waals surface area contributed by atoms with Crippen LogP contribution in [0.3, 0.4) is 0 Å². The Bertz CT molecular complexity index is 739. The Morgan fingerprint density at radius 1 is 1.33 bits per heavy atom. The summed E-state index contributed by atoms with van der Waals surface area (Å²) in [6.45, 7) is 5.43. The summed E-state index contributed by atoms with van der Waals surface area (Å²) in [4.78, 5) is 5.38. The zero-order valence-electron chi connectivity index (χ0n) is 12.1. The fraction of sp³-hybridized carbons (Fsp3) is 0.357. The molecule has 0 saturated heterocycles. The smallest absolute Gasteiger partial charge is 0.214 e. The first-order valence-corrected chi connectivity index (χ1v) is 9.25. The van der Waals surface area contributed by atoms with Gasteiger partial charge in [0.25, 0.3) is 0 Å². The summed E-state index contributed by atoms with van der Waals surface area (Å²) in [5.74, 6) is 0. The van der Waals surface area contributed by atoms with Gasteiger partial charge in [-0.1, -0.05) is 29.8 Å². The van der Waals surface area contributed by atoms with Crippen molar-refractivity contribution < 1.29 is 8.42 Å². The predicted molar refractivity (Wildman–Crippen MR) is 88.2 cm³/mol. The molecule has 0 bridgehead atoms. The largest absolute Gasteiger partial charge is 0.241 e. The molecule has 0 spiro atoms. The van der Waals surface area contributed by atoms with Crippen LogP contribution in [-0.4, -0.2) is 18.7 Å². The SMILES string of the molecule is Cc1nc(-c2ccccc2Cl)sc1CNS(=O)(=O)C(C)C. The van der Waals surface area contributed by atoms with Crippen LogP contribution in [0.2, 0.25) is 5.02 Å². The van der Waals surface area contributed by atoms with Gasteiger partial charge in [-0.15, -0.1) is 11.3 Å². The van der Waals surface area contributed by atoms with Crippen molar-refractivity contribution in [3.8, 4) is 10.6 Å². The molecule has 0 aliphatic carbocycles. The maximum Gasteiger partial charge on any atom is 0.214 e. The van der Waals surface area contributed by atoms with E-state index in [2.05, 4.69) is 9.71 Å². The number of sulfonamides is 1. The standard InChI is InChI=1S/C14H17ClN2O2S2/c1-9(2)21(18,19)16-8-13-10(3)17-14(20-13)11-6-4-5-7-12(11)15/h4-7,9,16H,8H2,1-3H3. The number of hydrogen-bond donors (Lipinski definition) is 1. The number of aromatic nitrogens is 1. The molecule has 0 unspecified atom stereocenters. The monoisotopic (exact) mass is 344 g/mol. The van der Waals surface area contributed by atoms with E-state index >= 15 is 0 Å². The molecule has 0 fully saturated rings. The van der Waals surface area contributed by atoms with Gasteiger partial charge in [0.05, 0.1) is 16.0 Å². The van der Waals surface area contributed by atoms with Gasteiger partial charge < -0.3 is 0 Å². The summed E-state index contributed by atoms with van der Waals surface area (Å²) in [7, 11) is -3.27. The average molecular weight is 345 g/mol. The van der Waals surface area contributed by atoms with Crippen molar-refractivity contribution in [2.45, 2.75) is 32.6 Å². The fourth-order valence-electron chi connectivity index (χ4n) is 1.67. The summed E-state index contributed by atoms with van der Waals surface area (Å²) in [6.07, 6.45) is 0. The van der Waals surface area contributed by atoms with Gasteiger partial charge in [0.2, 0.25) is 10.0 Å². The molecule has 114 valence electrons. The van der Waals surface area contributed by atoms with Crippen LogP contribution >= 0.6 is 22.9 Å². The molecule has 0 radical (unpaired) electrons. The van der Waals surface area contributed by atoms with Crippen molar-refractivity contribution in [1.29, 1.82) is 0 Å². The van der Waals surface area contributed by atoms with Gasteiger partial charge in [-0.05, 0) is 26.8 Å². The molecule has 1 aromatic carbocycles. The third-order valence-electron chi connectivity index (χ3n) is 3.05. The van der Waals surface area contributed by atoms with Crippen LogP contribution in [0.25, 0.3) is 10.6 Å². The average Bonchev–Trinajstić information content (AvgIpc) is 2.78. The highest BCUT2D eigenvalue weighted by atomic mass is 35.5. The van der Waals surface area contributed by atoms with E-state index in [-0.39, 0.29) is 6.54 Å². The molecular weight excluding hydrogens is 328 g/mol. The van der Waals surface area contributed by atoms with Gasteiger partial charge in [0, 0.05) is 17.0 Å². The van der Waals surface area contributed by atoms with E-state index in [0.717, 1.165) is 21.1 Å². The van der Waals surface area contributed by atoms with Crippen LogP contribution in [-0.2, 0) is 16.6 Å². The molecule has 21 heavy (non-hydrogen) atoms. The van der Waals surface area contributed by atoms with Gasteiger partial charge in [0.1, 0.15) is 5.01 Å². The van der Waals surface area contributed by atoms with E-state index in [1.54, 1.807) is 13.8 Å². The van der Waals surface area contributed by atoms with E-state index in [4.69, 9.17) is 11.6 Å². The molecule has 2 aromatic rings. The van der Waals surface area contributed by atoms with Crippen LogP contribution in [0.4, 0.5) is 0 Å². The van der Waals surface area contributed by atoms with E-state index in [0.29, 0.717) is 5.02 Å². The molecule has 0 saturated carbocycles. The number of hydrogen-bond acceptors (Lipinski definition) is 4. The van der Waals surface area contributed by atoms with Gasteiger partial charge in [-0.25, -0.2) is 18.1 Å². The lowest BCUT2D eigenvalue weighted by Gasteiger charge is -2.08. The molecule has 1 heterocycles. The Balaban J connectivity index is 2.23. The van der Waals surface area contributed by atoms with Crippen LogP contribution < -0.4 is 4.72 Å². The first-order valence-electron chi connectivity index (χ1n) is 6.51. The summed E-state index contributed by atoms with van der Waals surface area (Å²) in [5.41, 5.74) is 1.69. The Labute approximate surface area is 134 Å². The van der Waals surface area contributed by atoms with Gasteiger partial charge in [0.15, 0.2) is 0 Å². The minimum atomic E-state index is -3.27. The highest BCUT2D eigenvalue weighted by Crippen LogP contribution is 2.32. The third kappa shape index (κ3) is 3.83. The molecule has 0 aliphatic rings. The quantitative estimate of drug-likeness (QED) is 0.901. The molecule has 2 rings (SSSR count). The normalized spacial score (nSPS) is 12.0. The molecule has 1 aromatic heterocycles. The second kappa shape index (κ2) is 6.44. The Hall–Kier alpha value is -0.950. The maximum atomic E-state index is 11.8. The summed E-state index contributed by atoms with van der Waals surface area (Å²) >= 11 is 7.62. The molecule has 7 heteroatoms. The van der Waals surface area contributed by atoms with Crippen LogP contribution in [0.1, 0.15) is 24.4 Å². The van der Waals surface area contributed by atoms with E-state index < -0.39 is 15.3 Å². The van der Waals surface area contributed by atoms with Crippen LogP contribution in [0, 0.1) is 6.92 Å². The summed E-state index contributed by atoms with van der Waals surface area (Å²) in [5, 5.41) is 0.992. The number of nitrogens with one attached hydrogen (secondary N) is 1. The molecular formula is C14H17ClN2O2S2. The second-order valence-corrected chi connectivity index (χ2v) is 8.73. The van der Waals surface area contributed by atoms with Crippen LogP contribution in [0.5, 0.6) is 0 Å². The Kier molecular flexibility index (Phi) is 5.03. The van der Waals surface area contributed by atoms with Crippen molar-refractivity contribution in [3.63, 3.8) is 0 Å². The van der Waals surface area contributed by atoms with Gasteiger partial charge in [-0.3, -0.25) is 0 Å². The van der Waals surface area contributed by atoms with Crippen molar-refractivity contribution in [3.05, 3.63) is 39.9 Å². The molecule has 4 nitrogen and oxygen atoms in total. The second-order valence-electron chi connectivity index (χ2n) is 4.92. The fourth-order valence-corrected chi connectivity index (χ4v) is 3.77. The lowest BCUT2D eigenvalue weighted by Crippen LogP contribution is -2.30. The summed E-state index contributed by atoms with van der Waals surface area (Å²) in [6, 6.07) is 7.49. The lowest BCUT2D eigenvalue weighted by atomic mass is 10.2.